The monoisotopic (exact) mass is 402 g/mol. The van der Waals surface area contributed by atoms with Crippen LogP contribution in [0.1, 0.15) is 29.8 Å². The number of nitrogens with one attached hydrogen (secondary N) is 1. The normalized spacial score (nSPS) is 13.3. The van der Waals surface area contributed by atoms with Gasteiger partial charge in [0, 0.05) is 12.1 Å². The summed E-state index contributed by atoms with van der Waals surface area (Å²) in [5.74, 6) is -1.10. The molecule has 1 aliphatic rings. The summed E-state index contributed by atoms with van der Waals surface area (Å²) < 4.78 is 32.5. The molecule has 0 bridgehead atoms. The minimum absolute atomic E-state index is 0.0293. The van der Waals surface area contributed by atoms with Crippen LogP contribution in [0.2, 0.25) is 0 Å². The maximum absolute atomic E-state index is 13.1. The summed E-state index contributed by atoms with van der Waals surface area (Å²) in [7, 11) is -3.79. The number of nitrogens with zero attached hydrogens (tertiary/aromatic N) is 1. The Morgan fingerprint density at radius 1 is 1.14 bits per heavy atom. The predicted molar refractivity (Wildman–Crippen MR) is 105 cm³/mol. The first-order valence-electron chi connectivity index (χ1n) is 8.97. The van der Waals surface area contributed by atoms with Crippen LogP contribution in [0.15, 0.2) is 53.4 Å². The van der Waals surface area contributed by atoms with Gasteiger partial charge >= 0.3 is 5.97 Å². The van der Waals surface area contributed by atoms with E-state index >= 15 is 0 Å². The van der Waals surface area contributed by atoms with Gasteiger partial charge in [-0.15, -0.1) is 0 Å². The van der Waals surface area contributed by atoms with Gasteiger partial charge < -0.3 is 10.1 Å². The molecule has 0 unspecified atom stereocenters. The molecule has 0 radical (unpaired) electrons. The molecule has 0 fully saturated rings. The molecule has 0 saturated carbocycles. The second-order valence-electron chi connectivity index (χ2n) is 6.71. The van der Waals surface area contributed by atoms with Crippen molar-refractivity contribution in [3.8, 4) is 0 Å². The standard InChI is InChI=1S/C20H22N2O5S/c1-14(2)27-19(23)13-21-20(24)16-7-5-8-17(12-16)28(25,26)22-11-10-15-6-3-4-9-18(15)22/h3-9,12,14H,10-11,13H2,1-2H3,(H,21,24). The van der Waals surface area contributed by atoms with Crippen LogP contribution < -0.4 is 9.62 Å². The molecule has 0 spiro atoms. The number of carbonyl (C=O) groups is 2. The lowest BCUT2D eigenvalue weighted by atomic mass is 10.2. The van der Waals surface area contributed by atoms with Gasteiger partial charge in [0.05, 0.1) is 16.7 Å². The molecule has 0 saturated heterocycles. The number of rotatable bonds is 6. The third-order valence-corrected chi connectivity index (χ3v) is 6.10. The number of amides is 1. The number of benzene rings is 2. The summed E-state index contributed by atoms with van der Waals surface area (Å²) in [6.45, 7) is 3.50. The first-order chi connectivity index (χ1) is 13.3. The summed E-state index contributed by atoms with van der Waals surface area (Å²) in [5, 5.41) is 2.45. The lowest BCUT2D eigenvalue weighted by molar-refractivity contribution is -0.146. The molecule has 0 aliphatic carbocycles. The van der Waals surface area contributed by atoms with Crippen LogP contribution in [0.5, 0.6) is 0 Å². The van der Waals surface area contributed by atoms with E-state index in [2.05, 4.69) is 5.32 Å². The van der Waals surface area contributed by atoms with Crippen molar-refractivity contribution in [1.29, 1.82) is 0 Å². The largest absolute Gasteiger partial charge is 0.462 e. The second-order valence-corrected chi connectivity index (χ2v) is 8.57. The molecular weight excluding hydrogens is 380 g/mol. The van der Waals surface area contributed by atoms with Crippen molar-refractivity contribution in [1.82, 2.24) is 5.32 Å². The van der Waals surface area contributed by atoms with Crippen molar-refractivity contribution in [3.63, 3.8) is 0 Å². The molecule has 1 heterocycles. The van der Waals surface area contributed by atoms with Gasteiger partial charge in [0.15, 0.2) is 0 Å². The van der Waals surface area contributed by atoms with Crippen molar-refractivity contribution in [3.05, 3.63) is 59.7 Å². The molecule has 1 amide bonds. The Morgan fingerprint density at radius 3 is 2.64 bits per heavy atom. The molecule has 0 aromatic heterocycles. The minimum Gasteiger partial charge on any atom is -0.462 e. The number of hydrogen-bond donors (Lipinski definition) is 1. The number of sulfonamides is 1. The molecule has 28 heavy (non-hydrogen) atoms. The molecule has 1 N–H and O–H groups in total. The summed E-state index contributed by atoms with van der Waals surface area (Å²) in [4.78, 5) is 23.9. The van der Waals surface area contributed by atoms with Crippen molar-refractivity contribution in [2.45, 2.75) is 31.3 Å². The van der Waals surface area contributed by atoms with Crippen LogP contribution in [-0.2, 0) is 26.0 Å². The average molecular weight is 402 g/mol. The Morgan fingerprint density at radius 2 is 1.89 bits per heavy atom. The number of anilines is 1. The maximum atomic E-state index is 13.1. The van der Waals surface area contributed by atoms with E-state index in [1.807, 2.05) is 12.1 Å². The molecule has 0 atom stereocenters. The van der Waals surface area contributed by atoms with Crippen LogP contribution in [0.4, 0.5) is 5.69 Å². The molecular formula is C20H22N2O5S. The maximum Gasteiger partial charge on any atom is 0.325 e. The van der Waals surface area contributed by atoms with Crippen molar-refractivity contribution in [2.24, 2.45) is 0 Å². The van der Waals surface area contributed by atoms with E-state index in [0.717, 1.165) is 5.56 Å². The molecule has 8 heteroatoms. The van der Waals surface area contributed by atoms with Crippen LogP contribution in [0.25, 0.3) is 0 Å². The van der Waals surface area contributed by atoms with Gasteiger partial charge in [-0.3, -0.25) is 13.9 Å². The van der Waals surface area contributed by atoms with E-state index in [-0.39, 0.29) is 23.1 Å². The summed E-state index contributed by atoms with van der Waals surface area (Å²) >= 11 is 0. The number of ether oxygens (including phenoxy) is 1. The Kier molecular flexibility index (Phi) is 5.69. The van der Waals surface area contributed by atoms with E-state index in [9.17, 15) is 18.0 Å². The van der Waals surface area contributed by atoms with Gasteiger partial charge in [-0.2, -0.15) is 0 Å². The fourth-order valence-electron chi connectivity index (χ4n) is 3.04. The van der Waals surface area contributed by atoms with Gasteiger partial charge in [-0.25, -0.2) is 8.42 Å². The summed E-state index contributed by atoms with van der Waals surface area (Å²) in [6, 6.07) is 13.1. The van der Waals surface area contributed by atoms with E-state index in [0.29, 0.717) is 18.7 Å². The summed E-state index contributed by atoms with van der Waals surface area (Å²) in [5.41, 5.74) is 1.79. The topological polar surface area (TPSA) is 92.8 Å². The molecule has 2 aromatic rings. The Labute approximate surface area is 164 Å². The van der Waals surface area contributed by atoms with Gasteiger partial charge in [-0.05, 0) is 50.1 Å². The molecule has 1 aliphatic heterocycles. The highest BCUT2D eigenvalue weighted by Crippen LogP contribution is 2.32. The minimum atomic E-state index is -3.79. The SMILES string of the molecule is CC(C)OC(=O)CNC(=O)c1cccc(S(=O)(=O)N2CCc3ccccc32)c1. The highest BCUT2D eigenvalue weighted by atomic mass is 32.2. The number of para-hydroxylation sites is 1. The van der Waals surface area contributed by atoms with Crippen LogP contribution in [0.3, 0.4) is 0 Å². The highest BCUT2D eigenvalue weighted by Gasteiger charge is 2.30. The third-order valence-electron chi connectivity index (χ3n) is 4.29. The average Bonchev–Trinajstić information content (AvgIpc) is 3.10. The van der Waals surface area contributed by atoms with Gasteiger partial charge in [0.1, 0.15) is 6.54 Å². The molecule has 3 rings (SSSR count). The summed E-state index contributed by atoms with van der Waals surface area (Å²) in [6.07, 6.45) is 0.370. The van der Waals surface area contributed by atoms with E-state index in [1.54, 1.807) is 26.0 Å². The lowest BCUT2D eigenvalue weighted by Crippen LogP contribution is -2.32. The number of esters is 1. The van der Waals surface area contributed by atoms with E-state index in [1.165, 1.54) is 28.6 Å². The first kappa shape index (κ1) is 19.9. The zero-order valence-corrected chi connectivity index (χ0v) is 16.5. The van der Waals surface area contributed by atoms with Crippen LogP contribution in [0, 0.1) is 0 Å². The fourth-order valence-corrected chi connectivity index (χ4v) is 4.59. The first-order valence-corrected chi connectivity index (χ1v) is 10.4. The second kappa shape index (κ2) is 8.02. The number of fused-ring (bicyclic) bond motifs is 1. The molecule has 148 valence electrons. The van der Waals surface area contributed by atoms with Crippen molar-refractivity contribution in [2.75, 3.05) is 17.4 Å². The molecule has 7 nitrogen and oxygen atoms in total. The Balaban J connectivity index is 1.78. The van der Waals surface area contributed by atoms with Gasteiger partial charge in [0.25, 0.3) is 15.9 Å². The predicted octanol–water partition coefficient (Wildman–Crippen LogP) is 2.12. The van der Waals surface area contributed by atoms with Crippen LogP contribution >= 0.6 is 0 Å². The van der Waals surface area contributed by atoms with Crippen molar-refractivity contribution < 1.29 is 22.7 Å². The third kappa shape index (κ3) is 4.17. The highest BCUT2D eigenvalue weighted by molar-refractivity contribution is 7.92. The van der Waals surface area contributed by atoms with Crippen LogP contribution in [-0.4, -0.2) is 39.5 Å². The quantitative estimate of drug-likeness (QED) is 0.747. The Bertz CT molecular complexity index is 1000. The molecule has 2 aromatic carbocycles. The van der Waals surface area contributed by atoms with Gasteiger partial charge in [0.2, 0.25) is 0 Å². The van der Waals surface area contributed by atoms with Crippen molar-refractivity contribution >= 4 is 27.6 Å². The lowest BCUT2D eigenvalue weighted by Gasteiger charge is -2.20. The fraction of sp³-hybridized carbons (Fsp3) is 0.300. The van der Waals surface area contributed by atoms with E-state index < -0.39 is 21.9 Å². The van der Waals surface area contributed by atoms with E-state index in [4.69, 9.17) is 4.74 Å². The number of carbonyl (C=O) groups excluding carboxylic acids is 2. The number of hydrogen-bond acceptors (Lipinski definition) is 5. The van der Waals surface area contributed by atoms with Gasteiger partial charge in [-0.1, -0.05) is 24.3 Å². The smallest absolute Gasteiger partial charge is 0.325 e. The zero-order valence-electron chi connectivity index (χ0n) is 15.7. The Hall–Kier alpha value is -2.87. The zero-order chi connectivity index (χ0) is 20.3.